The summed E-state index contributed by atoms with van der Waals surface area (Å²) < 4.78 is 24.6. The highest BCUT2D eigenvalue weighted by molar-refractivity contribution is 8.18. The molecule has 0 radical (unpaired) electrons. The van der Waals surface area contributed by atoms with E-state index in [0.717, 1.165) is 11.1 Å². The number of hydrogen-bond acceptors (Lipinski definition) is 5. The molecule has 0 bridgehead atoms. The van der Waals surface area contributed by atoms with E-state index in [1.165, 1.54) is 23.9 Å². The van der Waals surface area contributed by atoms with Crippen LogP contribution in [0.15, 0.2) is 76.6 Å². The molecule has 0 atom stereocenters. The van der Waals surface area contributed by atoms with Crippen LogP contribution in [0, 0.1) is 5.82 Å². The van der Waals surface area contributed by atoms with Gasteiger partial charge in [-0.3, -0.25) is 9.69 Å². The van der Waals surface area contributed by atoms with Crippen molar-refractivity contribution >= 4 is 46.2 Å². The molecule has 0 saturated carbocycles. The van der Waals surface area contributed by atoms with Gasteiger partial charge in [0.1, 0.15) is 12.4 Å². The van der Waals surface area contributed by atoms with Crippen molar-refractivity contribution in [3.63, 3.8) is 0 Å². The van der Waals surface area contributed by atoms with Crippen molar-refractivity contribution in [3.8, 4) is 11.5 Å². The number of ether oxygens (including phenoxy) is 2. The van der Waals surface area contributed by atoms with Crippen LogP contribution in [0.25, 0.3) is 6.08 Å². The molecule has 0 aromatic heterocycles. The number of halogens is 2. The Balaban J connectivity index is 1.55. The Labute approximate surface area is 206 Å². The molecule has 1 amide bonds. The Morgan fingerprint density at radius 2 is 1.85 bits per heavy atom. The largest absolute Gasteiger partial charge is 0.493 e. The van der Waals surface area contributed by atoms with Gasteiger partial charge in [-0.05, 0) is 72.8 Å². The highest BCUT2D eigenvalue weighted by Gasteiger charge is 2.32. The second-order valence-corrected chi connectivity index (χ2v) is 8.74. The lowest BCUT2D eigenvalue weighted by molar-refractivity contribution is -0.122. The first-order chi connectivity index (χ1) is 16.5. The summed E-state index contributed by atoms with van der Waals surface area (Å²) in [6.45, 7) is 2.66. The Kier molecular flexibility index (Phi) is 7.55. The molecule has 1 fully saturated rings. The zero-order valence-electron chi connectivity index (χ0n) is 18.6. The third kappa shape index (κ3) is 5.43. The number of rotatable bonds is 7. The van der Waals surface area contributed by atoms with Crippen LogP contribution in [-0.4, -0.2) is 29.6 Å². The van der Waals surface area contributed by atoms with Crippen molar-refractivity contribution < 1.29 is 18.7 Å². The molecular weight excluding hydrogens is 475 g/mol. The summed E-state index contributed by atoms with van der Waals surface area (Å²) in [5, 5.41) is 1.19. The number of aliphatic imine (C=N–C) groups is 1. The molecular formula is C26H22ClFN2O3S. The van der Waals surface area contributed by atoms with E-state index in [1.54, 1.807) is 36.3 Å². The Morgan fingerprint density at radius 3 is 2.56 bits per heavy atom. The number of hydrogen-bond donors (Lipinski definition) is 0. The first kappa shape index (κ1) is 23.9. The second-order valence-electron chi connectivity index (χ2n) is 7.32. The molecule has 1 aliphatic rings. The number of methoxy groups -OCH3 is 1. The van der Waals surface area contributed by atoms with Gasteiger partial charge < -0.3 is 9.47 Å². The van der Waals surface area contributed by atoms with E-state index in [-0.39, 0.29) is 11.7 Å². The summed E-state index contributed by atoms with van der Waals surface area (Å²) in [7, 11) is 1.57. The summed E-state index contributed by atoms with van der Waals surface area (Å²) in [5.41, 5.74) is 2.24. The summed E-state index contributed by atoms with van der Waals surface area (Å²) in [4.78, 5) is 19.6. The number of likely N-dealkylation sites (N-methyl/N-ethyl adjacent to an activating group) is 1. The van der Waals surface area contributed by atoms with E-state index in [9.17, 15) is 9.18 Å². The number of amides is 1. The fourth-order valence-corrected chi connectivity index (χ4v) is 4.56. The topological polar surface area (TPSA) is 51.1 Å². The van der Waals surface area contributed by atoms with Gasteiger partial charge in [0.05, 0.1) is 17.7 Å². The van der Waals surface area contributed by atoms with Crippen LogP contribution >= 0.6 is 23.4 Å². The first-order valence-electron chi connectivity index (χ1n) is 10.6. The minimum atomic E-state index is -0.333. The molecule has 3 aromatic carbocycles. The average Bonchev–Trinajstić information content (AvgIpc) is 3.13. The Hall–Kier alpha value is -3.29. The van der Waals surface area contributed by atoms with Gasteiger partial charge in [-0.1, -0.05) is 35.9 Å². The van der Waals surface area contributed by atoms with Crippen LogP contribution in [0.3, 0.4) is 0 Å². The van der Waals surface area contributed by atoms with E-state index >= 15 is 0 Å². The molecule has 0 spiro atoms. The van der Waals surface area contributed by atoms with Gasteiger partial charge in [-0.2, -0.15) is 0 Å². The number of nitrogens with zero attached hydrogens (tertiary/aromatic N) is 2. The fraction of sp³-hybridized carbons (Fsp3) is 0.154. The maximum atomic E-state index is 13.2. The zero-order valence-corrected chi connectivity index (χ0v) is 20.2. The van der Waals surface area contributed by atoms with Crippen molar-refractivity contribution in [2.24, 2.45) is 4.99 Å². The molecule has 174 valence electrons. The van der Waals surface area contributed by atoms with E-state index in [1.807, 2.05) is 43.3 Å². The number of amidine groups is 1. The Bertz CT molecular complexity index is 1260. The lowest BCUT2D eigenvalue weighted by Crippen LogP contribution is -2.28. The third-order valence-electron chi connectivity index (χ3n) is 5.08. The minimum Gasteiger partial charge on any atom is -0.493 e. The van der Waals surface area contributed by atoms with Crippen LogP contribution in [0.5, 0.6) is 11.5 Å². The average molecular weight is 497 g/mol. The monoisotopic (exact) mass is 496 g/mol. The predicted octanol–water partition coefficient (Wildman–Crippen LogP) is 6.69. The first-order valence-corrected chi connectivity index (χ1v) is 11.8. The van der Waals surface area contributed by atoms with E-state index in [0.29, 0.717) is 45.4 Å². The van der Waals surface area contributed by atoms with Crippen LogP contribution in [0.2, 0.25) is 5.02 Å². The standard InChI is InChI=1S/C26H22ClFN2O3S/c1-3-30-25(31)24(34-26(30)29-20-11-9-19(28)10-12-20)15-17-8-13-22(23(14-17)32-2)33-16-18-6-4-5-7-21(18)27/h4-15H,3,16H2,1-2H3/b24-15+,29-26?. The van der Waals surface area contributed by atoms with Gasteiger partial charge in [0.15, 0.2) is 16.7 Å². The van der Waals surface area contributed by atoms with Gasteiger partial charge >= 0.3 is 0 Å². The van der Waals surface area contributed by atoms with Gasteiger partial charge in [0.25, 0.3) is 5.91 Å². The molecule has 1 aliphatic heterocycles. The van der Waals surface area contributed by atoms with Crippen molar-refractivity contribution in [2.45, 2.75) is 13.5 Å². The summed E-state index contributed by atoms with van der Waals surface area (Å²) in [5.74, 6) is 0.653. The molecule has 0 unspecified atom stereocenters. The van der Waals surface area contributed by atoms with Crippen molar-refractivity contribution in [1.29, 1.82) is 0 Å². The van der Waals surface area contributed by atoms with Crippen LogP contribution < -0.4 is 9.47 Å². The molecule has 8 heteroatoms. The van der Waals surface area contributed by atoms with Gasteiger partial charge in [0, 0.05) is 17.1 Å². The third-order valence-corrected chi connectivity index (χ3v) is 6.46. The molecule has 34 heavy (non-hydrogen) atoms. The second kappa shape index (κ2) is 10.8. The van der Waals surface area contributed by atoms with E-state index < -0.39 is 0 Å². The number of benzene rings is 3. The lowest BCUT2D eigenvalue weighted by atomic mass is 10.1. The number of carbonyl (C=O) groups is 1. The summed E-state index contributed by atoms with van der Waals surface area (Å²) in [6, 6.07) is 18.8. The molecule has 0 aliphatic carbocycles. The van der Waals surface area contributed by atoms with Gasteiger partial charge in [-0.25, -0.2) is 9.38 Å². The molecule has 1 heterocycles. The number of thioether (sulfide) groups is 1. The number of carbonyl (C=O) groups excluding carboxylic acids is 1. The minimum absolute atomic E-state index is 0.133. The van der Waals surface area contributed by atoms with Gasteiger partial charge in [-0.15, -0.1) is 0 Å². The normalized spacial score (nSPS) is 15.9. The maximum absolute atomic E-state index is 13.2. The fourth-order valence-electron chi connectivity index (χ4n) is 3.31. The molecule has 0 N–H and O–H groups in total. The summed E-state index contributed by atoms with van der Waals surface area (Å²) >= 11 is 7.49. The Morgan fingerprint density at radius 1 is 1.09 bits per heavy atom. The molecule has 4 rings (SSSR count). The zero-order chi connectivity index (χ0) is 24.1. The van der Waals surface area contributed by atoms with Crippen LogP contribution in [-0.2, 0) is 11.4 Å². The predicted molar refractivity (Wildman–Crippen MR) is 135 cm³/mol. The lowest BCUT2D eigenvalue weighted by Gasteiger charge is -2.12. The SMILES string of the molecule is CCN1C(=O)/C(=C\c2ccc(OCc3ccccc3Cl)c(OC)c2)SC1=Nc1ccc(F)cc1. The molecule has 3 aromatic rings. The maximum Gasteiger partial charge on any atom is 0.266 e. The van der Waals surface area contributed by atoms with Crippen LogP contribution in [0.4, 0.5) is 10.1 Å². The van der Waals surface area contributed by atoms with Crippen molar-refractivity contribution in [1.82, 2.24) is 4.90 Å². The molecule has 1 saturated heterocycles. The van der Waals surface area contributed by atoms with Crippen molar-refractivity contribution in [3.05, 3.63) is 93.6 Å². The van der Waals surface area contributed by atoms with E-state index in [4.69, 9.17) is 21.1 Å². The van der Waals surface area contributed by atoms with Crippen LogP contribution in [0.1, 0.15) is 18.1 Å². The molecule has 5 nitrogen and oxygen atoms in total. The van der Waals surface area contributed by atoms with Crippen molar-refractivity contribution in [2.75, 3.05) is 13.7 Å². The van der Waals surface area contributed by atoms with Gasteiger partial charge in [0.2, 0.25) is 0 Å². The highest BCUT2D eigenvalue weighted by Crippen LogP contribution is 2.36. The van der Waals surface area contributed by atoms with E-state index in [2.05, 4.69) is 4.99 Å². The summed E-state index contributed by atoms with van der Waals surface area (Å²) in [6.07, 6.45) is 1.79. The quantitative estimate of drug-likeness (QED) is 0.342. The smallest absolute Gasteiger partial charge is 0.266 e. The highest BCUT2D eigenvalue weighted by atomic mass is 35.5.